The monoisotopic (exact) mass is 271 g/mol. The van der Waals surface area contributed by atoms with Gasteiger partial charge in [-0.25, -0.2) is 0 Å². The lowest BCUT2D eigenvalue weighted by Gasteiger charge is -2.43. The van der Waals surface area contributed by atoms with Crippen LogP contribution >= 0.6 is 0 Å². The average molecular weight is 271 g/mol. The van der Waals surface area contributed by atoms with Crippen LogP contribution in [0.2, 0.25) is 0 Å². The van der Waals surface area contributed by atoms with Gasteiger partial charge in [-0.15, -0.1) is 0 Å². The van der Waals surface area contributed by atoms with Crippen molar-refractivity contribution in [3.63, 3.8) is 0 Å². The molecule has 0 bridgehead atoms. The second kappa shape index (κ2) is 4.63. The molecule has 3 rings (SSSR count). The topological polar surface area (TPSA) is 51.4 Å². The van der Waals surface area contributed by atoms with Gasteiger partial charge in [0.05, 0.1) is 22.9 Å². The van der Waals surface area contributed by atoms with Crippen LogP contribution in [0.5, 0.6) is 0 Å². The zero-order valence-corrected chi connectivity index (χ0v) is 12.3. The number of para-hydroxylation sites is 1. The van der Waals surface area contributed by atoms with Crippen molar-refractivity contribution in [3.05, 3.63) is 30.5 Å². The van der Waals surface area contributed by atoms with Crippen LogP contribution in [0, 0.1) is 0 Å². The first-order valence-electron chi connectivity index (χ1n) is 7.02. The first-order chi connectivity index (χ1) is 9.46. The Morgan fingerprint density at radius 1 is 1.35 bits per heavy atom. The fourth-order valence-electron chi connectivity index (χ4n) is 3.10. The summed E-state index contributed by atoms with van der Waals surface area (Å²) in [5, 5.41) is 1.11. The minimum atomic E-state index is -0.145. The van der Waals surface area contributed by atoms with Gasteiger partial charge < -0.3 is 15.4 Å². The molecule has 1 saturated heterocycles. The number of hydrogen-bond acceptors (Lipinski definition) is 4. The summed E-state index contributed by atoms with van der Waals surface area (Å²) in [5.74, 6) is 0. The van der Waals surface area contributed by atoms with Crippen molar-refractivity contribution >= 4 is 22.3 Å². The summed E-state index contributed by atoms with van der Waals surface area (Å²) in [6.45, 7) is 8.13. The van der Waals surface area contributed by atoms with Gasteiger partial charge in [0.15, 0.2) is 0 Å². The van der Waals surface area contributed by atoms with E-state index in [9.17, 15) is 0 Å². The van der Waals surface area contributed by atoms with Crippen LogP contribution in [0.15, 0.2) is 30.5 Å². The number of ether oxygens (including phenoxy) is 1. The van der Waals surface area contributed by atoms with E-state index < -0.39 is 0 Å². The minimum absolute atomic E-state index is 0.145. The van der Waals surface area contributed by atoms with E-state index in [-0.39, 0.29) is 11.7 Å². The van der Waals surface area contributed by atoms with Gasteiger partial charge in [0, 0.05) is 30.4 Å². The molecule has 4 heteroatoms. The molecule has 1 fully saturated rings. The van der Waals surface area contributed by atoms with Crippen LogP contribution in [0.25, 0.3) is 10.9 Å². The van der Waals surface area contributed by atoms with Gasteiger partial charge in [0.1, 0.15) is 0 Å². The number of benzene rings is 1. The molecule has 1 atom stereocenters. The highest BCUT2D eigenvalue weighted by molar-refractivity contribution is 5.98. The van der Waals surface area contributed by atoms with E-state index in [1.807, 2.05) is 18.3 Å². The molecular weight excluding hydrogens is 250 g/mol. The fourth-order valence-corrected chi connectivity index (χ4v) is 3.10. The maximum atomic E-state index is 6.03. The van der Waals surface area contributed by atoms with Gasteiger partial charge in [0.25, 0.3) is 0 Å². The van der Waals surface area contributed by atoms with Gasteiger partial charge in [0.2, 0.25) is 0 Å². The third-order valence-corrected chi connectivity index (χ3v) is 3.69. The Balaban J connectivity index is 2.08. The Bertz CT molecular complexity index is 639. The normalized spacial score (nSPS) is 22.1. The molecule has 2 N–H and O–H groups in total. The molecule has 1 aromatic heterocycles. The molecule has 0 amide bonds. The number of anilines is 2. The van der Waals surface area contributed by atoms with Crippen molar-refractivity contribution in [1.82, 2.24) is 4.98 Å². The Hall–Kier alpha value is -1.81. The predicted octanol–water partition coefficient (Wildman–Crippen LogP) is 2.82. The van der Waals surface area contributed by atoms with Crippen molar-refractivity contribution in [2.24, 2.45) is 0 Å². The van der Waals surface area contributed by atoms with Crippen molar-refractivity contribution in [2.75, 3.05) is 23.7 Å². The lowest BCUT2D eigenvalue weighted by Crippen LogP contribution is -2.52. The molecule has 20 heavy (non-hydrogen) atoms. The molecule has 106 valence electrons. The Labute approximate surface area is 119 Å². The van der Waals surface area contributed by atoms with E-state index in [1.54, 1.807) is 0 Å². The van der Waals surface area contributed by atoms with Crippen molar-refractivity contribution in [3.8, 4) is 0 Å². The first-order valence-corrected chi connectivity index (χ1v) is 7.02. The van der Waals surface area contributed by atoms with Gasteiger partial charge in [-0.05, 0) is 32.9 Å². The zero-order chi connectivity index (χ0) is 14.3. The molecular formula is C16H21N3O. The summed E-state index contributed by atoms with van der Waals surface area (Å²) in [5.41, 5.74) is 8.67. The number of rotatable bonds is 1. The molecule has 0 saturated carbocycles. The largest absolute Gasteiger partial charge is 0.397 e. The molecule has 0 spiro atoms. The number of nitrogens with two attached hydrogens (primary N) is 1. The standard InChI is InChI=1S/C16H21N3O/c1-11-9-19(10-16(2,3)20-11)14-7-8-18-15-12(14)5-4-6-13(15)17/h4-8,11H,9-10,17H2,1-3H3. The van der Waals surface area contributed by atoms with Crippen LogP contribution in [0.1, 0.15) is 20.8 Å². The molecule has 1 unspecified atom stereocenters. The van der Waals surface area contributed by atoms with Gasteiger partial charge >= 0.3 is 0 Å². The summed E-state index contributed by atoms with van der Waals surface area (Å²) in [6.07, 6.45) is 2.05. The van der Waals surface area contributed by atoms with E-state index in [4.69, 9.17) is 10.5 Å². The van der Waals surface area contributed by atoms with Gasteiger partial charge in [-0.1, -0.05) is 12.1 Å². The maximum Gasteiger partial charge on any atom is 0.0951 e. The number of nitrogens with zero attached hydrogens (tertiary/aromatic N) is 2. The highest BCUT2D eigenvalue weighted by Crippen LogP contribution is 2.32. The number of pyridine rings is 1. The number of hydrogen-bond donors (Lipinski definition) is 1. The number of aromatic nitrogens is 1. The van der Waals surface area contributed by atoms with Gasteiger partial charge in [-0.2, -0.15) is 0 Å². The quantitative estimate of drug-likeness (QED) is 0.810. The molecule has 4 nitrogen and oxygen atoms in total. The van der Waals surface area contributed by atoms with E-state index in [0.29, 0.717) is 0 Å². The lowest BCUT2D eigenvalue weighted by atomic mass is 10.0. The zero-order valence-electron chi connectivity index (χ0n) is 12.3. The summed E-state index contributed by atoms with van der Waals surface area (Å²) in [6, 6.07) is 8.03. The maximum absolute atomic E-state index is 6.03. The lowest BCUT2D eigenvalue weighted by molar-refractivity contribution is -0.0749. The Kier molecular flexibility index (Phi) is 3.05. The van der Waals surface area contributed by atoms with Crippen molar-refractivity contribution in [1.29, 1.82) is 0 Å². The minimum Gasteiger partial charge on any atom is -0.397 e. The van der Waals surface area contributed by atoms with E-state index in [0.717, 1.165) is 29.7 Å². The average Bonchev–Trinajstić information content (AvgIpc) is 2.36. The van der Waals surface area contributed by atoms with Crippen molar-refractivity contribution in [2.45, 2.75) is 32.5 Å². The fraction of sp³-hybridized carbons (Fsp3) is 0.438. The summed E-state index contributed by atoms with van der Waals surface area (Å²) >= 11 is 0. The highest BCUT2D eigenvalue weighted by Gasteiger charge is 2.32. The molecule has 2 aromatic rings. The Morgan fingerprint density at radius 3 is 2.90 bits per heavy atom. The number of fused-ring (bicyclic) bond motifs is 1. The second-order valence-corrected chi connectivity index (χ2v) is 6.14. The third kappa shape index (κ3) is 2.31. The smallest absolute Gasteiger partial charge is 0.0951 e. The van der Waals surface area contributed by atoms with Crippen LogP contribution < -0.4 is 10.6 Å². The van der Waals surface area contributed by atoms with E-state index in [2.05, 4.69) is 42.8 Å². The SMILES string of the molecule is CC1CN(c2ccnc3c(N)cccc23)CC(C)(C)O1. The predicted molar refractivity (Wildman–Crippen MR) is 83.0 cm³/mol. The van der Waals surface area contributed by atoms with E-state index >= 15 is 0 Å². The molecule has 1 aromatic carbocycles. The molecule has 2 heterocycles. The van der Waals surface area contributed by atoms with Crippen LogP contribution in [0.3, 0.4) is 0 Å². The Morgan fingerprint density at radius 2 is 2.15 bits per heavy atom. The third-order valence-electron chi connectivity index (χ3n) is 3.69. The summed E-state index contributed by atoms with van der Waals surface area (Å²) < 4.78 is 5.98. The number of nitrogen functional groups attached to an aromatic ring is 1. The van der Waals surface area contributed by atoms with E-state index in [1.165, 1.54) is 5.69 Å². The van der Waals surface area contributed by atoms with Crippen LogP contribution in [-0.4, -0.2) is 29.8 Å². The van der Waals surface area contributed by atoms with Crippen molar-refractivity contribution < 1.29 is 4.74 Å². The molecule has 1 aliphatic heterocycles. The van der Waals surface area contributed by atoms with Gasteiger partial charge in [-0.3, -0.25) is 4.98 Å². The first kappa shape index (κ1) is 13.2. The number of morpholine rings is 1. The summed E-state index contributed by atoms with van der Waals surface area (Å²) in [7, 11) is 0. The molecule has 0 radical (unpaired) electrons. The van der Waals surface area contributed by atoms with Crippen LogP contribution in [0.4, 0.5) is 11.4 Å². The molecule has 0 aliphatic carbocycles. The second-order valence-electron chi connectivity index (χ2n) is 6.14. The molecule has 1 aliphatic rings. The van der Waals surface area contributed by atoms with Crippen LogP contribution in [-0.2, 0) is 4.74 Å². The summed E-state index contributed by atoms with van der Waals surface area (Å²) in [4.78, 5) is 6.78. The highest BCUT2D eigenvalue weighted by atomic mass is 16.5.